The Labute approximate surface area is 177 Å². The number of ether oxygens (including phenoxy) is 1. The minimum absolute atomic E-state index is 0.0159. The molecule has 2 aliphatic rings. The van der Waals surface area contributed by atoms with Gasteiger partial charge in [-0.3, -0.25) is 4.79 Å². The SMILES string of the molecule is Cc1cc(NC(=O)c2c3c(cn2C)S(=O)(=O)N[C@H]2CN(C(=O)O)C[C@H]2CO3)ccc1F. The molecule has 3 N–H and O–H groups in total. The van der Waals surface area contributed by atoms with Gasteiger partial charge in [-0.05, 0) is 30.7 Å². The van der Waals surface area contributed by atoms with E-state index in [-0.39, 0.29) is 36.0 Å². The van der Waals surface area contributed by atoms with Gasteiger partial charge in [0.1, 0.15) is 10.7 Å². The number of rotatable bonds is 2. The fourth-order valence-corrected chi connectivity index (χ4v) is 5.35. The lowest BCUT2D eigenvalue weighted by Gasteiger charge is -2.23. The summed E-state index contributed by atoms with van der Waals surface area (Å²) in [7, 11) is -2.56. The molecule has 2 atom stereocenters. The Balaban J connectivity index is 1.67. The van der Waals surface area contributed by atoms with Gasteiger partial charge in [-0.2, -0.15) is 0 Å². The number of carboxylic acid groups (broad SMARTS) is 1. The smallest absolute Gasteiger partial charge is 0.407 e. The van der Waals surface area contributed by atoms with E-state index >= 15 is 0 Å². The van der Waals surface area contributed by atoms with Crippen molar-refractivity contribution in [1.82, 2.24) is 14.2 Å². The molecule has 1 aromatic carbocycles. The number of aryl methyl sites for hydroxylation is 2. The molecule has 2 aromatic rings. The summed E-state index contributed by atoms with van der Waals surface area (Å²) in [6.07, 6.45) is 0.131. The highest BCUT2D eigenvalue weighted by molar-refractivity contribution is 7.89. The van der Waals surface area contributed by atoms with Crippen LogP contribution in [-0.4, -0.2) is 60.7 Å². The van der Waals surface area contributed by atoms with Crippen LogP contribution in [0.4, 0.5) is 14.9 Å². The molecule has 0 spiro atoms. The summed E-state index contributed by atoms with van der Waals surface area (Å²) in [5, 5.41) is 11.9. The molecule has 166 valence electrons. The number of hydrogen-bond donors (Lipinski definition) is 3. The van der Waals surface area contributed by atoms with Crippen LogP contribution in [-0.2, 0) is 17.1 Å². The van der Waals surface area contributed by atoms with Gasteiger partial charge >= 0.3 is 6.09 Å². The molecule has 1 fully saturated rings. The average molecular weight is 452 g/mol. The van der Waals surface area contributed by atoms with Gasteiger partial charge in [0, 0.05) is 44.0 Å². The van der Waals surface area contributed by atoms with Crippen LogP contribution < -0.4 is 14.8 Å². The highest BCUT2D eigenvalue weighted by Crippen LogP contribution is 2.34. The maximum atomic E-state index is 13.5. The average Bonchev–Trinajstić information content (AvgIpc) is 3.22. The van der Waals surface area contributed by atoms with Crippen molar-refractivity contribution in [2.24, 2.45) is 13.0 Å². The second kappa shape index (κ2) is 7.54. The first-order valence-corrected chi connectivity index (χ1v) is 10.9. The topological polar surface area (TPSA) is 130 Å². The minimum atomic E-state index is -4.07. The summed E-state index contributed by atoms with van der Waals surface area (Å²) in [4.78, 5) is 25.1. The standard InChI is InChI=1S/C19H21FN4O6S/c1-10-5-12(3-4-13(10)20)21-18(25)16-17-15(8-23(16)2)31(28,29)22-14-7-24(19(26)27)6-11(14)9-30-17/h3-5,8,11,14,22H,6-7,9H2,1-2H3,(H,21,25)(H,26,27)/t11-,14-/m0/s1. The molecule has 2 amide bonds. The first-order valence-electron chi connectivity index (χ1n) is 9.46. The fraction of sp³-hybridized carbons (Fsp3) is 0.368. The number of fused-ring (bicyclic) bond motifs is 2. The predicted molar refractivity (Wildman–Crippen MR) is 107 cm³/mol. The molecular formula is C19H21FN4O6S. The van der Waals surface area contributed by atoms with Crippen LogP contribution in [0.2, 0.25) is 0 Å². The summed E-state index contributed by atoms with van der Waals surface area (Å²) in [6.45, 7) is 1.72. The minimum Gasteiger partial charge on any atom is -0.489 e. The van der Waals surface area contributed by atoms with Crippen molar-refractivity contribution in [3.8, 4) is 5.75 Å². The highest BCUT2D eigenvalue weighted by Gasteiger charge is 2.42. The monoisotopic (exact) mass is 452 g/mol. The van der Waals surface area contributed by atoms with E-state index in [4.69, 9.17) is 4.74 Å². The zero-order valence-electron chi connectivity index (χ0n) is 16.8. The van der Waals surface area contributed by atoms with Crippen molar-refractivity contribution >= 4 is 27.7 Å². The zero-order chi connectivity index (χ0) is 22.5. The summed E-state index contributed by atoms with van der Waals surface area (Å²) in [5.74, 6) is -1.56. The van der Waals surface area contributed by atoms with E-state index in [0.29, 0.717) is 11.3 Å². The number of likely N-dealkylation sites (tertiary alicyclic amines) is 1. The molecule has 0 bridgehead atoms. The quantitative estimate of drug-likeness (QED) is 0.631. The van der Waals surface area contributed by atoms with Crippen LogP contribution in [0, 0.1) is 18.7 Å². The van der Waals surface area contributed by atoms with Gasteiger partial charge in [-0.25, -0.2) is 22.3 Å². The molecule has 10 nitrogen and oxygen atoms in total. The van der Waals surface area contributed by atoms with Crippen LogP contribution >= 0.6 is 0 Å². The van der Waals surface area contributed by atoms with E-state index in [1.54, 1.807) is 6.92 Å². The van der Waals surface area contributed by atoms with Crippen molar-refractivity contribution in [3.05, 3.63) is 41.5 Å². The molecule has 0 radical (unpaired) electrons. The highest BCUT2D eigenvalue weighted by atomic mass is 32.2. The molecule has 12 heteroatoms. The zero-order valence-corrected chi connectivity index (χ0v) is 17.6. The Bertz CT molecular complexity index is 1180. The van der Waals surface area contributed by atoms with E-state index in [1.807, 2.05) is 0 Å². The molecule has 0 saturated carbocycles. The van der Waals surface area contributed by atoms with Gasteiger partial charge in [-0.1, -0.05) is 0 Å². The Morgan fingerprint density at radius 2 is 2.06 bits per heavy atom. The lowest BCUT2D eigenvalue weighted by molar-refractivity contribution is 0.101. The third kappa shape index (κ3) is 3.83. The normalized spacial score (nSPS) is 22.0. The van der Waals surface area contributed by atoms with Gasteiger partial charge in [0.05, 0.1) is 6.61 Å². The number of benzene rings is 1. The molecule has 2 aliphatic heterocycles. The van der Waals surface area contributed by atoms with Crippen molar-refractivity contribution in [1.29, 1.82) is 0 Å². The van der Waals surface area contributed by atoms with Crippen molar-refractivity contribution in [2.45, 2.75) is 17.9 Å². The molecule has 31 heavy (non-hydrogen) atoms. The van der Waals surface area contributed by atoms with Crippen LogP contribution in [0.15, 0.2) is 29.3 Å². The predicted octanol–water partition coefficient (Wildman–Crippen LogP) is 1.37. The maximum absolute atomic E-state index is 13.5. The fourth-order valence-electron chi connectivity index (χ4n) is 3.87. The first-order chi connectivity index (χ1) is 14.6. The first kappa shape index (κ1) is 21.1. The molecule has 4 rings (SSSR count). The molecule has 1 aromatic heterocycles. The van der Waals surface area contributed by atoms with Gasteiger partial charge in [0.15, 0.2) is 11.4 Å². The lowest BCUT2D eigenvalue weighted by atomic mass is 10.1. The van der Waals surface area contributed by atoms with Gasteiger partial charge in [0.25, 0.3) is 5.91 Å². The van der Waals surface area contributed by atoms with E-state index < -0.39 is 39.8 Å². The van der Waals surface area contributed by atoms with E-state index in [2.05, 4.69) is 10.0 Å². The second-order valence-electron chi connectivity index (χ2n) is 7.69. The van der Waals surface area contributed by atoms with Crippen molar-refractivity contribution in [3.63, 3.8) is 0 Å². The third-order valence-electron chi connectivity index (χ3n) is 5.48. The third-order valence-corrected chi connectivity index (χ3v) is 6.97. The van der Waals surface area contributed by atoms with E-state index in [9.17, 15) is 27.5 Å². The Kier molecular flexibility index (Phi) is 5.13. The van der Waals surface area contributed by atoms with Crippen molar-refractivity contribution < 1.29 is 32.2 Å². The lowest BCUT2D eigenvalue weighted by Crippen LogP contribution is -2.43. The summed E-state index contributed by atoms with van der Waals surface area (Å²) in [5.41, 5.74) is 0.672. The van der Waals surface area contributed by atoms with Crippen molar-refractivity contribution in [2.75, 3.05) is 25.0 Å². The number of sulfonamides is 1. The molecular weight excluding hydrogens is 431 g/mol. The Morgan fingerprint density at radius 1 is 1.32 bits per heavy atom. The van der Waals surface area contributed by atoms with Crippen LogP contribution in [0.25, 0.3) is 0 Å². The van der Waals surface area contributed by atoms with E-state index in [0.717, 1.165) is 4.90 Å². The maximum Gasteiger partial charge on any atom is 0.407 e. The summed E-state index contributed by atoms with van der Waals surface area (Å²) >= 11 is 0. The largest absolute Gasteiger partial charge is 0.489 e. The number of carbonyl (C=O) groups excluding carboxylic acids is 1. The number of carbonyl (C=O) groups is 2. The Morgan fingerprint density at radius 3 is 2.74 bits per heavy atom. The number of nitrogens with zero attached hydrogens (tertiary/aromatic N) is 2. The molecule has 0 aliphatic carbocycles. The van der Waals surface area contributed by atoms with Crippen LogP contribution in [0.5, 0.6) is 5.75 Å². The van der Waals surface area contributed by atoms with Crippen LogP contribution in [0.3, 0.4) is 0 Å². The summed E-state index contributed by atoms with van der Waals surface area (Å²) < 4.78 is 49.1. The number of halogens is 1. The van der Waals surface area contributed by atoms with E-state index in [1.165, 1.54) is 36.0 Å². The number of aromatic nitrogens is 1. The Hall–Kier alpha value is -3.12. The number of nitrogens with one attached hydrogen (secondary N) is 2. The van der Waals surface area contributed by atoms with Gasteiger partial charge in [0.2, 0.25) is 10.0 Å². The number of anilines is 1. The molecule has 0 unspecified atom stereocenters. The molecule has 3 heterocycles. The van der Waals surface area contributed by atoms with Gasteiger partial charge < -0.3 is 24.6 Å². The second-order valence-corrected chi connectivity index (χ2v) is 9.37. The van der Waals surface area contributed by atoms with Gasteiger partial charge in [-0.15, -0.1) is 0 Å². The number of hydrogen-bond acceptors (Lipinski definition) is 5. The molecule has 1 saturated heterocycles. The van der Waals surface area contributed by atoms with Crippen LogP contribution in [0.1, 0.15) is 16.1 Å². The summed E-state index contributed by atoms with van der Waals surface area (Å²) in [6, 6.07) is 3.45. The number of amides is 2.